The van der Waals surface area contributed by atoms with Crippen molar-refractivity contribution in [1.29, 1.82) is 0 Å². The first kappa shape index (κ1) is 12.6. The lowest BCUT2D eigenvalue weighted by Gasteiger charge is -2.07. The van der Waals surface area contributed by atoms with Crippen molar-refractivity contribution in [3.63, 3.8) is 0 Å². The van der Waals surface area contributed by atoms with E-state index >= 15 is 0 Å². The van der Waals surface area contributed by atoms with Crippen molar-refractivity contribution in [3.05, 3.63) is 11.4 Å². The van der Waals surface area contributed by atoms with Crippen molar-refractivity contribution < 1.29 is 9.42 Å². The van der Waals surface area contributed by atoms with Gasteiger partial charge in [0.1, 0.15) is 11.4 Å². The molecular formula is C10H18N4O2. The molecule has 1 aromatic rings. The Balaban J connectivity index is 2.16. The largest absolute Gasteiger partial charge is 0.355 e. The fourth-order valence-corrected chi connectivity index (χ4v) is 1.08. The second-order valence-electron chi connectivity index (χ2n) is 4.10. The number of nitrogens with one attached hydrogen (secondary N) is 2. The molecule has 0 radical (unpaired) electrons. The van der Waals surface area contributed by atoms with Gasteiger partial charge >= 0.3 is 0 Å². The average molecular weight is 226 g/mol. The maximum Gasteiger partial charge on any atom is 0.233 e. The molecule has 0 saturated carbocycles. The van der Waals surface area contributed by atoms with E-state index in [1.807, 2.05) is 6.92 Å². The zero-order valence-corrected chi connectivity index (χ0v) is 9.91. The Morgan fingerprint density at radius 3 is 2.75 bits per heavy atom. The van der Waals surface area contributed by atoms with Crippen LogP contribution < -0.4 is 10.6 Å². The van der Waals surface area contributed by atoms with Crippen LogP contribution in [0.5, 0.6) is 0 Å². The van der Waals surface area contributed by atoms with E-state index in [0.717, 1.165) is 11.4 Å². The summed E-state index contributed by atoms with van der Waals surface area (Å²) >= 11 is 0. The highest BCUT2D eigenvalue weighted by molar-refractivity contribution is 5.77. The van der Waals surface area contributed by atoms with Crippen molar-refractivity contribution in [2.75, 3.05) is 13.1 Å². The molecule has 2 N–H and O–H groups in total. The Labute approximate surface area is 94.7 Å². The van der Waals surface area contributed by atoms with Crippen molar-refractivity contribution in [1.82, 2.24) is 20.9 Å². The second kappa shape index (κ2) is 6.22. The smallest absolute Gasteiger partial charge is 0.233 e. The number of amides is 1. The third-order valence-corrected chi connectivity index (χ3v) is 2.03. The van der Waals surface area contributed by atoms with Gasteiger partial charge in [0, 0.05) is 13.1 Å². The van der Waals surface area contributed by atoms with E-state index in [1.54, 1.807) is 0 Å². The topological polar surface area (TPSA) is 80.1 Å². The van der Waals surface area contributed by atoms with Gasteiger partial charge in [-0.05, 0) is 12.8 Å². The molecule has 0 bridgehead atoms. The summed E-state index contributed by atoms with van der Waals surface area (Å²) in [6.07, 6.45) is 0. The van der Waals surface area contributed by atoms with E-state index in [-0.39, 0.29) is 12.5 Å². The molecule has 1 aromatic heterocycles. The molecule has 0 aliphatic heterocycles. The molecule has 1 amide bonds. The number of rotatable bonds is 6. The van der Waals surface area contributed by atoms with Crippen LogP contribution in [0.4, 0.5) is 0 Å². The van der Waals surface area contributed by atoms with Gasteiger partial charge in [-0.15, -0.1) is 0 Å². The van der Waals surface area contributed by atoms with Gasteiger partial charge in [0.2, 0.25) is 5.91 Å². The van der Waals surface area contributed by atoms with Gasteiger partial charge in [0.05, 0.1) is 6.54 Å². The van der Waals surface area contributed by atoms with Crippen molar-refractivity contribution in [2.24, 2.45) is 5.92 Å². The van der Waals surface area contributed by atoms with E-state index in [9.17, 15) is 4.79 Å². The SMILES string of the molecule is Cc1nonc1CNCC(=O)NCC(C)C. The summed E-state index contributed by atoms with van der Waals surface area (Å²) in [4.78, 5) is 11.3. The normalized spacial score (nSPS) is 10.8. The molecule has 0 unspecified atom stereocenters. The van der Waals surface area contributed by atoms with Crippen LogP contribution in [0.25, 0.3) is 0 Å². The lowest BCUT2D eigenvalue weighted by Crippen LogP contribution is -2.35. The fourth-order valence-electron chi connectivity index (χ4n) is 1.08. The van der Waals surface area contributed by atoms with E-state index in [2.05, 4.69) is 39.4 Å². The molecule has 6 heteroatoms. The van der Waals surface area contributed by atoms with E-state index < -0.39 is 0 Å². The molecule has 6 nitrogen and oxygen atoms in total. The highest BCUT2D eigenvalue weighted by atomic mass is 16.6. The summed E-state index contributed by atoms with van der Waals surface area (Å²) in [7, 11) is 0. The Morgan fingerprint density at radius 2 is 2.19 bits per heavy atom. The van der Waals surface area contributed by atoms with Crippen LogP contribution in [0.15, 0.2) is 4.63 Å². The minimum atomic E-state index is -0.0113. The standard InChI is InChI=1S/C10H18N4O2/c1-7(2)4-12-10(15)6-11-5-9-8(3)13-16-14-9/h7,11H,4-6H2,1-3H3,(H,12,15). The van der Waals surface area contributed by atoms with E-state index in [4.69, 9.17) is 0 Å². The second-order valence-corrected chi connectivity index (χ2v) is 4.10. The summed E-state index contributed by atoms with van der Waals surface area (Å²) in [5.41, 5.74) is 1.48. The van der Waals surface area contributed by atoms with Gasteiger partial charge in [-0.25, -0.2) is 4.63 Å². The van der Waals surface area contributed by atoms with Crippen LogP contribution in [0.2, 0.25) is 0 Å². The number of carbonyl (C=O) groups is 1. The predicted octanol–water partition coefficient (Wildman–Crippen LogP) is 0.240. The fraction of sp³-hybridized carbons (Fsp3) is 0.700. The summed E-state index contributed by atoms with van der Waals surface area (Å²) < 4.78 is 4.54. The summed E-state index contributed by atoms with van der Waals surface area (Å²) in [5, 5.41) is 13.1. The Bertz CT molecular complexity index is 335. The summed E-state index contributed by atoms with van der Waals surface area (Å²) in [6, 6.07) is 0. The molecule has 0 atom stereocenters. The molecule has 16 heavy (non-hydrogen) atoms. The quantitative estimate of drug-likeness (QED) is 0.726. The van der Waals surface area contributed by atoms with Gasteiger partial charge in [-0.2, -0.15) is 0 Å². The van der Waals surface area contributed by atoms with E-state index in [0.29, 0.717) is 19.0 Å². The molecule has 90 valence electrons. The lowest BCUT2D eigenvalue weighted by atomic mass is 10.2. The number of carbonyl (C=O) groups excluding carboxylic acids is 1. The molecule has 1 heterocycles. The third kappa shape index (κ3) is 4.39. The van der Waals surface area contributed by atoms with Gasteiger partial charge < -0.3 is 10.6 Å². The first-order valence-corrected chi connectivity index (χ1v) is 5.35. The number of hydrogen-bond donors (Lipinski definition) is 2. The predicted molar refractivity (Wildman–Crippen MR) is 58.6 cm³/mol. The zero-order valence-electron chi connectivity index (χ0n) is 9.91. The highest BCUT2D eigenvalue weighted by Crippen LogP contribution is 1.98. The lowest BCUT2D eigenvalue weighted by molar-refractivity contribution is -0.120. The van der Waals surface area contributed by atoms with Gasteiger partial charge in [-0.1, -0.05) is 24.2 Å². The van der Waals surface area contributed by atoms with Crippen LogP contribution in [0.1, 0.15) is 25.2 Å². The average Bonchev–Trinajstić information content (AvgIpc) is 2.61. The highest BCUT2D eigenvalue weighted by Gasteiger charge is 2.06. The van der Waals surface area contributed by atoms with Gasteiger partial charge in [-0.3, -0.25) is 4.79 Å². The van der Waals surface area contributed by atoms with Crippen LogP contribution in [-0.2, 0) is 11.3 Å². The zero-order chi connectivity index (χ0) is 12.0. The Hall–Kier alpha value is -1.43. The first-order chi connectivity index (χ1) is 7.59. The molecular weight excluding hydrogens is 208 g/mol. The number of aromatic nitrogens is 2. The number of aryl methyl sites for hydroxylation is 1. The molecule has 0 saturated heterocycles. The summed E-state index contributed by atoms with van der Waals surface area (Å²) in [6.45, 7) is 7.39. The maximum absolute atomic E-state index is 11.3. The van der Waals surface area contributed by atoms with Gasteiger partial charge in [0.15, 0.2) is 0 Å². The minimum absolute atomic E-state index is 0.0113. The van der Waals surface area contributed by atoms with Crippen molar-refractivity contribution in [2.45, 2.75) is 27.3 Å². The number of hydrogen-bond acceptors (Lipinski definition) is 5. The molecule has 1 rings (SSSR count). The van der Waals surface area contributed by atoms with Crippen molar-refractivity contribution in [3.8, 4) is 0 Å². The molecule has 0 fully saturated rings. The Kier molecular flexibility index (Phi) is 4.91. The van der Waals surface area contributed by atoms with E-state index in [1.165, 1.54) is 0 Å². The molecule has 0 spiro atoms. The van der Waals surface area contributed by atoms with Crippen molar-refractivity contribution >= 4 is 5.91 Å². The van der Waals surface area contributed by atoms with Gasteiger partial charge in [0.25, 0.3) is 0 Å². The maximum atomic E-state index is 11.3. The molecule has 0 aromatic carbocycles. The van der Waals surface area contributed by atoms with Crippen LogP contribution in [0, 0.1) is 12.8 Å². The monoisotopic (exact) mass is 226 g/mol. The van der Waals surface area contributed by atoms with Crippen LogP contribution in [0.3, 0.4) is 0 Å². The Morgan fingerprint density at radius 1 is 1.44 bits per heavy atom. The summed E-state index contributed by atoms with van der Waals surface area (Å²) in [5.74, 6) is 0.453. The minimum Gasteiger partial charge on any atom is -0.355 e. The van der Waals surface area contributed by atoms with Crippen LogP contribution in [-0.4, -0.2) is 29.3 Å². The first-order valence-electron chi connectivity index (χ1n) is 5.35. The van der Waals surface area contributed by atoms with Crippen LogP contribution >= 0.6 is 0 Å². The molecule has 0 aliphatic rings. The number of nitrogens with zero attached hydrogens (tertiary/aromatic N) is 2. The third-order valence-electron chi connectivity index (χ3n) is 2.03. The molecule has 0 aliphatic carbocycles.